The number of hydrogen-bond acceptors (Lipinski definition) is 3. The molecule has 1 aliphatic rings. The van der Waals surface area contributed by atoms with E-state index in [2.05, 4.69) is 4.99 Å². The molecule has 0 radical (unpaired) electrons. The SMILES string of the molecule is COc1cccc(C2(N=C=O)CC(F)(F)C2)c1. The molecule has 0 unspecified atom stereocenters. The minimum absolute atomic E-state index is 0.456. The summed E-state index contributed by atoms with van der Waals surface area (Å²) in [6, 6.07) is 6.68. The van der Waals surface area contributed by atoms with Crippen LogP contribution in [0.5, 0.6) is 5.75 Å². The van der Waals surface area contributed by atoms with Crippen molar-refractivity contribution in [3.05, 3.63) is 29.8 Å². The minimum Gasteiger partial charge on any atom is -0.497 e. The van der Waals surface area contributed by atoms with Gasteiger partial charge in [-0.05, 0) is 17.7 Å². The molecule has 0 atom stereocenters. The van der Waals surface area contributed by atoms with E-state index in [-0.39, 0.29) is 0 Å². The number of isocyanates is 1. The molecule has 1 fully saturated rings. The predicted molar refractivity (Wildman–Crippen MR) is 57.0 cm³/mol. The highest BCUT2D eigenvalue weighted by Crippen LogP contribution is 2.54. The molecule has 0 aromatic heterocycles. The zero-order valence-electron chi connectivity index (χ0n) is 9.24. The van der Waals surface area contributed by atoms with E-state index >= 15 is 0 Å². The van der Waals surface area contributed by atoms with Gasteiger partial charge in [-0.1, -0.05) is 12.1 Å². The van der Waals surface area contributed by atoms with Crippen LogP contribution in [0.1, 0.15) is 18.4 Å². The Hall–Kier alpha value is -1.74. The van der Waals surface area contributed by atoms with Crippen LogP contribution in [0.3, 0.4) is 0 Å². The van der Waals surface area contributed by atoms with Gasteiger partial charge in [0.25, 0.3) is 5.92 Å². The van der Waals surface area contributed by atoms with Crippen LogP contribution in [0, 0.1) is 0 Å². The number of methoxy groups -OCH3 is 1. The van der Waals surface area contributed by atoms with E-state index in [1.807, 2.05) is 0 Å². The summed E-state index contributed by atoms with van der Waals surface area (Å²) in [4.78, 5) is 13.9. The van der Waals surface area contributed by atoms with Gasteiger partial charge < -0.3 is 4.74 Å². The van der Waals surface area contributed by atoms with Crippen LogP contribution in [0.2, 0.25) is 0 Å². The van der Waals surface area contributed by atoms with Crippen LogP contribution in [0.25, 0.3) is 0 Å². The van der Waals surface area contributed by atoms with Crippen molar-refractivity contribution in [2.45, 2.75) is 24.3 Å². The third-order valence-corrected chi connectivity index (χ3v) is 2.97. The van der Waals surface area contributed by atoms with Crippen LogP contribution < -0.4 is 4.74 Å². The average molecular weight is 239 g/mol. The molecule has 1 aliphatic carbocycles. The van der Waals surface area contributed by atoms with Crippen LogP contribution in [0.4, 0.5) is 8.78 Å². The number of halogens is 2. The standard InChI is InChI=1S/C12H11F2NO2/c1-17-10-4-2-3-9(5-10)11(15-8-16)6-12(13,14)7-11/h2-5H,6-7H2,1H3. The summed E-state index contributed by atoms with van der Waals surface area (Å²) in [6.45, 7) is 0. The van der Waals surface area contributed by atoms with E-state index in [4.69, 9.17) is 4.74 Å². The van der Waals surface area contributed by atoms with E-state index in [1.54, 1.807) is 24.3 Å². The average Bonchev–Trinajstić information content (AvgIpc) is 2.27. The lowest BCUT2D eigenvalue weighted by molar-refractivity contribution is -0.124. The quantitative estimate of drug-likeness (QED) is 0.600. The maximum Gasteiger partial charge on any atom is 0.253 e. The van der Waals surface area contributed by atoms with Gasteiger partial charge in [0, 0.05) is 12.8 Å². The summed E-state index contributed by atoms with van der Waals surface area (Å²) in [5.74, 6) is -2.21. The van der Waals surface area contributed by atoms with Crippen LogP contribution in [-0.4, -0.2) is 19.1 Å². The Bertz CT molecular complexity index is 473. The van der Waals surface area contributed by atoms with Gasteiger partial charge in [0.2, 0.25) is 6.08 Å². The zero-order chi connectivity index (χ0) is 12.5. The van der Waals surface area contributed by atoms with E-state index in [1.165, 1.54) is 13.2 Å². The lowest BCUT2D eigenvalue weighted by Crippen LogP contribution is -2.48. The van der Waals surface area contributed by atoms with Gasteiger partial charge in [-0.3, -0.25) is 0 Å². The van der Waals surface area contributed by atoms with Crippen molar-refractivity contribution in [3.8, 4) is 5.75 Å². The highest BCUT2D eigenvalue weighted by atomic mass is 19.3. The summed E-state index contributed by atoms with van der Waals surface area (Å²) >= 11 is 0. The van der Waals surface area contributed by atoms with Gasteiger partial charge in [-0.2, -0.15) is 4.99 Å². The molecule has 1 saturated carbocycles. The molecular formula is C12H11F2NO2. The number of aliphatic imine (C=N–C) groups is 1. The summed E-state index contributed by atoms with van der Waals surface area (Å²) in [7, 11) is 1.49. The summed E-state index contributed by atoms with van der Waals surface area (Å²) < 4.78 is 31.0. The highest BCUT2D eigenvalue weighted by molar-refractivity contribution is 5.42. The van der Waals surface area contributed by atoms with Crippen LogP contribution in [-0.2, 0) is 10.3 Å². The Morgan fingerprint density at radius 2 is 2.12 bits per heavy atom. The number of ether oxygens (including phenoxy) is 1. The van der Waals surface area contributed by atoms with Gasteiger partial charge in [0.15, 0.2) is 0 Å². The number of hydrogen-bond donors (Lipinski definition) is 0. The monoisotopic (exact) mass is 239 g/mol. The first-order chi connectivity index (χ1) is 8.01. The first-order valence-corrected chi connectivity index (χ1v) is 5.13. The van der Waals surface area contributed by atoms with E-state index in [9.17, 15) is 13.6 Å². The Morgan fingerprint density at radius 1 is 1.41 bits per heavy atom. The fourth-order valence-corrected chi connectivity index (χ4v) is 2.15. The molecule has 0 amide bonds. The fourth-order valence-electron chi connectivity index (χ4n) is 2.15. The molecule has 0 bridgehead atoms. The van der Waals surface area contributed by atoms with Crippen molar-refractivity contribution in [1.82, 2.24) is 0 Å². The molecule has 5 heteroatoms. The molecule has 0 aliphatic heterocycles. The maximum absolute atomic E-state index is 13.0. The smallest absolute Gasteiger partial charge is 0.253 e. The van der Waals surface area contributed by atoms with E-state index < -0.39 is 24.3 Å². The Morgan fingerprint density at radius 3 is 2.65 bits per heavy atom. The lowest BCUT2D eigenvalue weighted by Gasteiger charge is -2.43. The molecule has 0 saturated heterocycles. The van der Waals surface area contributed by atoms with Crippen LogP contribution in [0.15, 0.2) is 29.3 Å². The van der Waals surface area contributed by atoms with Gasteiger partial charge in [-0.15, -0.1) is 0 Å². The molecule has 0 spiro atoms. The number of alkyl halides is 2. The van der Waals surface area contributed by atoms with E-state index in [0.717, 1.165) is 0 Å². The summed E-state index contributed by atoms with van der Waals surface area (Å²) in [5, 5.41) is 0. The maximum atomic E-state index is 13.0. The molecule has 2 rings (SSSR count). The fraction of sp³-hybridized carbons (Fsp3) is 0.417. The van der Waals surface area contributed by atoms with Crippen molar-refractivity contribution in [2.24, 2.45) is 4.99 Å². The second-order valence-electron chi connectivity index (χ2n) is 4.18. The molecule has 17 heavy (non-hydrogen) atoms. The highest BCUT2D eigenvalue weighted by Gasteiger charge is 2.58. The van der Waals surface area contributed by atoms with Gasteiger partial charge in [-0.25, -0.2) is 13.6 Å². The number of rotatable bonds is 3. The van der Waals surface area contributed by atoms with Gasteiger partial charge in [0.05, 0.1) is 7.11 Å². The number of benzene rings is 1. The molecule has 0 N–H and O–H groups in total. The Kier molecular flexibility index (Phi) is 2.71. The Labute approximate surface area is 97.1 Å². The first kappa shape index (κ1) is 11.7. The largest absolute Gasteiger partial charge is 0.497 e. The third kappa shape index (κ3) is 2.06. The molecule has 3 nitrogen and oxygen atoms in total. The number of nitrogens with zero attached hydrogens (tertiary/aromatic N) is 1. The van der Waals surface area contributed by atoms with Gasteiger partial charge >= 0.3 is 0 Å². The zero-order valence-corrected chi connectivity index (χ0v) is 9.24. The third-order valence-electron chi connectivity index (χ3n) is 2.97. The van der Waals surface area contributed by atoms with Crippen LogP contribution >= 0.6 is 0 Å². The second kappa shape index (κ2) is 3.93. The number of carbonyl (C=O) groups excluding carboxylic acids is 1. The van der Waals surface area contributed by atoms with Crippen molar-refractivity contribution >= 4 is 6.08 Å². The first-order valence-electron chi connectivity index (χ1n) is 5.13. The van der Waals surface area contributed by atoms with Crippen molar-refractivity contribution in [2.75, 3.05) is 7.11 Å². The molecule has 1 aromatic rings. The molecule has 90 valence electrons. The topological polar surface area (TPSA) is 38.7 Å². The Balaban J connectivity index is 2.38. The predicted octanol–water partition coefficient (Wildman–Crippen LogP) is 2.66. The van der Waals surface area contributed by atoms with E-state index in [0.29, 0.717) is 11.3 Å². The van der Waals surface area contributed by atoms with Crippen molar-refractivity contribution in [3.63, 3.8) is 0 Å². The summed E-state index contributed by atoms with van der Waals surface area (Å²) in [5.41, 5.74) is -0.578. The van der Waals surface area contributed by atoms with Crippen molar-refractivity contribution < 1.29 is 18.3 Å². The second-order valence-corrected chi connectivity index (χ2v) is 4.18. The van der Waals surface area contributed by atoms with Crippen molar-refractivity contribution in [1.29, 1.82) is 0 Å². The molecule has 1 aromatic carbocycles. The molecular weight excluding hydrogens is 228 g/mol. The lowest BCUT2D eigenvalue weighted by atomic mass is 9.69. The van der Waals surface area contributed by atoms with Gasteiger partial charge in [0.1, 0.15) is 11.3 Å². The summed E-state index contributed by atoms with van der Waals surface area (Å²) in [6.07, 6.45) is 0.473. The normalized spacial score (nSPS) is 19.9. The molecule has 0 heterocycles. The minimum atomic E-state index is -2.76.